The number of aromatic nitrogens is 1. The summed E-state index contributed by atoms with van der Waals surface area (Å²) in [5, 5.41) is 2.87. The van der Waals surface area contributed by atoms with Gasteiger partial charge in [0, 0.05) is 5.69 Å². The Labute approximate surface area is 104 Å². The van der Waals surface area contributed by atoms with Crippen LogP contribution in [0.4, 0.5) is 15.9 Å². The number of nitrogens with one attached hydrogen (secondary N) is 1. The molecule has 1 aromatic carbocycles. The summed E-state index contributed by atoms with van der Waals surface area (Å²) < 4.78 is 13.1. The Morgan fingerprint density at radius 3 is 2.50 bits per heavy atom. The van der Waals surface area contributed by atoms with Crippen molar-refractivity contribution in [1.29, 1.82) is 0 Å². The first kappa shape index (κ1) is 12.0. The molecule has 18 heavy (non-hydrogen) atoms. The number of anilines is 2. The summed E-state index contributed by atoms with van der Waals surface area (Å²) in [6.45, 7) is 1.96. The molecule has 1 amide bonds. The zero-order chi connectivity index (χ0) is 13.1. The van der Waals surface area contributed by atoms with E-state index in [2.05, 4.69) is 10.3 Å². The predicted octanol–water partition coefficient (Wildman–Crippen LogP) is 2.37. The van der Waals surface area contributed by atoms with Gasteiger partial charge in [0.05, 0.1) is 5.56 Å². The molecule has 0 aliphatic carbocycles. The fraction of sp³-hybridized carbons (Fsp3) is 0.0769. The molecule has 2 rings (SSSR count). The standard InChI is InChI=1S/C13H12FN3O/c1-8-2-4-9(5-3-8)16-13-10(12(15)18)6-7-11(14)17-13/h2-7H,1H3,(H2,15,18)(H,16,17). The van der Waals surface area contributed by atoms with Crippen molar-refractivity contribution in [3.8, 4) is 0 Å². The van der Waals surface area contributed by atoms with Gasteiger partial charge in [0.15, 0.2) is 0 Å². The quantitative estimate of drug-likeness (QED) is 0.816. The van der Waals surface area contributed by atoms with Crippen LogP contribution in [0.1, 0.15) is 15.9 Å². The summed E-state index contributed by atoms with van der Waals surface area (Å²) in [4.78, 5) is 14.8. The van der Waals surface area contributed by atoms with Crippen LogP contribution in [0.5, 0.6) is 0 Å². The molecule has 0 unspecified atom stereocenters. The van der Waals surface area contributed by atoms with Crippen LogP contribution >= 0.6 is 0 Å². The van der Waals surface area contributed by atoms with Crippen molar-refractivity contribution in [3.63, 3.8) is 0 Å². The van der Waals surface area contributed by atoms with Gasteiger partial charge in [-0.25, -0.2) is 4.98 Å². The van der Waals surface area contributed by atoms with E-state index in [9.17, 15) is 9.18 Å². The van der Waals surface area contributed by atoms with Gasteiger partial charge in [-0.3, -0.25) is 4.79 Å². The van der Waals surface area contributed by atoms with E-state index >= 15 is 0 Å². The Kier molecular flexibility index (Phi) is 3.23. The topological polar surface area (TPSA) is 68.0 Å². The van der Waals surface area contributed by atoms with E-state index in [1.165, 1.54) is 6.07 Å². The lowest BCUT2D eigenvalue weighted by molar-refractivity contribution is 0.100. The lowest BCUT2D eigenvalue weighted by atomic mass is 10.2. The molecule has 0 fully saturated rings. The van der Waals surface area contributed by atoms with Crippen molar-refractivity contribution in [3.05, 3.63) is 53.5 Å². The predicted molar refractivity (Wildman–Crippen MR) is 67.2 cm³/mol. The molecule has 0 aliphatic rings. The van der Waals surface area contributed by atoms with Crippen LogP contribution < -0.4 is 11.1 Å². The molecule has 2 aromatic rings. The molecule has 1 aromatic heterocycles. The van der Waals surface area contributed by atoms with E-state index in [1.54, 1.807) is 0 Å². The third-order valence-corrected chi connectivity index (χ3v) is 2.44. The normalized spacial score (nSPS) is 10.1. The highest BCUT2D eigenvalue weighted by atomic mass is 19.1. The molecule has 92 valence electrons. The maximum atomic E-state index is 13.1. The van der Waals surface area contributed by atoms with Crippen molar-refractivity contribution in [2.24, 2.45) is 5.73 Å². The van der Waals surface area contributed by atoms with Gasteiger partial charge in [0.2, 0.25) is 5.95 Å². The molecule has 4 nitrogen and oxygen atoms in total. The molecular formula is C13H12FN3O. The summed E-state index contributed by atoms with van der Waals surface area (Å²) in [6, 6.07) is 9.82. The third-order valence-electron chi connectivity index (χ3n) is 2.44. The van der Waals surface area contributed by atoms with Crippen LogP contribution in [-0.4, -0.2) is 10.9 Å². The molecule has 1 heterocycles. The van der Waals surface area contributed by atoms with E-state index in [1.807, 2.05) is 31.2 Å². The minimum Gasteiger partial charge on any atom is -0.365 e. The van der Waals surface area contributed by atoms with Crippen LogP contribution in [0, 0.1) is 12.9 Å². The van der Waals surface area contributed by atoms with E-state index in [0.717, 1.165) is 11.6 Å². The molecule has 3 N–H and O–H groups in total. The summed E-state index contributed by atoms with van der Waals surface area (Å²) in [5.41, 5.74) is 7.16. The number of carbonyl (C=O) groups excluding carboxylic acids is 1. The molecule has 0 aliphatic heterocycles. The largest absolute Gasteiger partial charge is 0.365 e. The van der Waals surface area contributed by atoms with E-state index in [0.29, 0.717) is 5.69 Å². The maximum absolute atomic E-state index is 13.1. The average molecular weight is 245 g/mol. The number of halogens is 1. The molecule has 0 spiro atoms. The highest BCUT2D eigenvalue weighted by Gasteiger charge is 2.11. The number of aryl methyl sites for hydroxylation is 1. The summed E-state index contributed by atoms with van der Waals surface area (Å²) in [5.74, 6) is -1.21. The Morgan fingerprint density at radius 2 is 1.89 bits per heavy atom. The first-order valence-corrected chi connectivity index (χ1v) is 5.36. The minimum atomic E-state index is -0.672. The van der Waals surface area contributed by atoms with Gasteiger partial charge in [-0.1, -0.05) is 17.7 Å². The zero-order valence-corrected chi connectivity index (χ0v) is 9.77. The van der Waals surface area contributed by atoms with Gasteiger partial charge in [-0.2, -0.15) is 4.39 Å². The number of hydrogen-bond acceptors (Lipinski definition) is 3. The van der Waals surface area contributed by atoms with E-state index in [-0.39, 0.29) is 11.4 Å². The zero-order valence-electron chi connectivity index (χ0n) is 9.77. The van der Waals surface area contributed by atoms with Crippen LogP contribution in [0.2, 0.25) is 0 Å². The molecule has 0 atom stereocenters. The first-order chi connectivity index (χ1) is 8.56. The average Bonchev–Trinajstić information content (AvgIpc) is 2.32. The number of benzene rings is 1. The lowest BCUT2D eigenvalue weighted by Crippen LogP contribution is -2.14. The summed E-state index contributed by atoms with van der Waals surface area (Å²) >= 11 is 0. The Bertz CT molecular complexity index is 581. The number of nitrogens with zero attached hydrogens (tertiary/aromatic N) is 1. The second-order valence-electron chi connectivity index (χ2n) is 3.89. The number of primary amides is 1. The third kappa shape index (κ3) is 2.63. The highest BCUT2D eigenvalue weighted by molar-refractivity contribution is 5.98. The SMILES string of the molecule is Cc1ccc(Nc2nc(F)ccc2C(N)=O)cc1. The molecule has 0 saturated carbocycles. The Hall–Kier alpha value is -2.43. The fourth-order valence-corrected chi connectivity index (χ4v) is 1.50. The van der Waals surface area contributed by atoms with Crippen LogP contribution in [-0.2, 0) is 0 Å². The van der Waals surface area contributed by atoms with Crippen molar-refractivity contribution in [1.82, 2.24) is 4.98 Å². The summed E-state index contributed by atoms with van der Waals surface area (Å²) in [7, 11) is 0. The van der Waals surface area contributed by atoms with Crippen LogP contribution in [0.3, 0.4) is 0 Å². The van der Waals surface area contributed by atoms with Gasteiger partial charge >= 0.3 is 0 Å². The second kappa shape index (κ2) is 4.83. The number of amides is 1. The van der Waals surface area contributed by atoms with Crippen LogP contribution in [0.15, 0.2) is 36.4 Å². The number of pyridine rings is 1. The molecule has 5 heteroatoms. The minimum absolute atomic E-state index is 0.117. The monoisotopic (exact) mass is 245 g/mol. The lowest BCUT2D eigenvalue weighted by Gasteiger charge is -2.09. The van der Waals surface area contributed by atoms with Gasteiger partial charge in [-0.05, 0) is 31.2 Å². The number of rotatable bonds is 3. The Morgan fingerprint density at radius 1 is 1.22 bits per heavy atom. The first-order valence-electron chi connectivity index (χ1n) is 5.36. The number of nitrogens with two attached hydrogens (primary N) is 1. The Balaban J connectivity index is 2.35. The van der Waals surface area contributed by atoms with Crippen molar-refractivity contribution >= 4 is 17.4 Å². The van der Waals surface area contributed by atoms with E-state index < -0.39 is 11.9 Å². The van der Waals surface area contributed by atoms with Gasteiger partial charge < -0.3 is 11.1 Å². The molecule has 0 radical (unpaired) electrons. The van der Waals surface area contributed by atoms with Crippen molar-refractivity contribution in [2.45, 2.75) is 6.92 Å². The van der Waals surface area contributed by atoms with Crippen LogP contribution in [0.25, 0.3) is 0 Å². The van der Waals surface area contributed by atoms with E-state index in [4.69, 9.17) is 5.73 Å². The molecule has 0 bridgehead atoms. The smallest absolute Gasteiger partial charge is 0.252 e. The fourth-order valence-electron chi connectivity index (χ4n) is 1.50. The molecular weight excluding hydrogens is 233 g/mol. The summed E-state index contributed by atoms with van der Waals surface area (Å²) in [6.07, 6.45) is 0. The second-order valence-corrected chi connectivity index (χ2v) is 3.89. The number of hydrogen-bond donors (Lipinski definition) is 2. The highest BCUT2D eigenvalue weighted by Crippen LogP contribution is 2.19. The number of carbonyl (C=O) groups is 1. The molecule has 0 saturated heterocycles. The van der Waals surface area contributed by atoms with Crippen molar-refractivity contribution in [2.75, 3.05) is 5.32 Å². The maximum Gasteiger partial charge on any atom is 0.252 e. The van der Waals surface area contributed by atoms with Crippen molar-refractivity contribution < 1.29 is 9.18 Å². The van der Waals surface area contributed by atoms with Gasteiger partial charge in [-0.15, -0.1) is 0 Å². The van der Waals surface area contributed by atoms with Gasteiger partial charge in [0.25, 0.3) is 5.91 Å². The van der Waals surface area contributed by atoms with Gasteiger partial charge in [0.1, 0.15) is 5.82 Å².